The zero-order valence-corrected chi connectivity index (χ0v) is 4.77. The van der Waals surface area contributed by atoms with Crippen molar-refractivity contribution in [3.05, 3.63) is 0 Å². The van der Waals surface area contributed by atoms with Crippen LogP contribution in [-0.4, -0.2) is 6.61 Å². The number of hydrogen-bond donors (Lipinski definition) is 0. The highest BCUT2D eigenvalue weighted by Crippen LogP contribution is 1.79. The van der Waals surface area contributed by atoms with Gasteiger partial charge in [-0.05, 0) is 6.42 Å². The number of rotatable bonds is 3. The minimum Gasteiger partial charge on any atom is -0.320 e. The van der Waals surface area contributed by atoms with Crippen molar-refractivity contribution >= 4 is 0 Å². The van der Waals surface area contributed by atoms with Crippen LogP contribution in [0.5, 0.6) is 0 Å². The molecule has 0 aliphatic carbocycles. The largest absolute Gasteiger partial charge is 0.320 e. The molecule has 0 fully saturated rings. The van der Waals surface area contributed by atoms with Crippen molar-refractivity contribution in [1.82, 2.24) is 0 Å². The van der Waals surface area contributed by atoms with Gasteiger partial charge in [-0.1, -0.05) is 6.92 Å². The van der Waals surface area contributed by atoms with E-state index in [4.69, 9.17) is 0 Å². The molecule has 7 heavy (non-hydrogen) atoms. The van der Waals surface area contributed by atoms with E-state index in [1.165, 1.54) is 0 Å². The summed E-state index contributed by atoms with van der Waals surface area (Å²) < 4.78 is 23.1. The molecule has 0 radical (unpaired) electrons. The monoisotopic (exact) mass is 126 g/mol. The zero-order chi connectivity index (χ0) is 5.70. The van der Waals surface area contributed by atoms with Gasteiger partial charge >= 0.3 is 0 Å². The van der Waals surface area contributed by atoms with E-state index in [0.717, 1.165) is 6.42 Å². The van der Waals surface area contributed by atoms with Crippen LogP contribution in [0.25, 0.3) is 0 Å². The van der Waals surface area contributed by atoms with E-state index >= 15 is 0 Å². The van der Waals surface area contributed by atoms with E-state index in [2.05, 4.69) is 4.29 Å². The molecular formula is C3H7ClO3. The van der Waals surface area contributed by atoms with Crippen LogP contribution in [0.1, 0.15) is 13.3 Å². The van der Waals surface area contributed by atoms with Crippen molar-refractivity contribution in [3.63, 3.8) is 0 Å². The van der Waals surface area contributed by atoms with Crippen molar-refractivity contribution in [3.8, 4) is 0 Å². The quantitative estimate of drug-likeness (QED) is 0.463. The summed E-state index contributed by atoms with van der Waals surface area (Å²) in [7, 11) is -2.02. The van der Waals surface area contributed by atoms with Gasteiger partial charge in [0.25, 0.3) is 10.8 Å². The normalized spacial score (nSPS) is 10.3. The first-order valence-corrected chi connectivity index (χ1v) is 2.88. The first-order chi connectivity index (χ1) is 3.27. The Morgan fingerprint density at radius 1 is 1.57 bits per heavy atom. The molecule has 0 saturated carbocycles. The highest BCUT2D eigenvalue weighted by atomic mass is 35.6. The summed E-state index contributed by atoms with van der Waals surface area (Å²) in [6, 6.07) is 0. The molecule has 0 aliphatic heterocycles. The van der Waals surface area contributed by atoms with Gasteiger partial charge in [-0.15, -0.1) is 0 Å². The topological polar surface area (TPSA) is 55.3 Å². The first-order valence-electron chi connectivity index (χ1n) is 1.96. The predicted octanol–water partition coefficient (Wildman–Crippen LogP) is -1.50. The van der Waals surface area contributed by atoms with Gasteiger partial charge in [-0.3, -0.25) is 0 Å². The number of hydrogen-bond acceptors (Lipinski definition) is 3. The van der Waals surface area contributed by atoms with Gasteiger partial charge < -0.3 is 9.32 Å². The molecule has 0 amide bonds. The molecule has 0 spiro atoms. The molecule has 0 aromatic carbocycles. The Kier molecular flexibility index (Phi) is 4.44. The van der Waals surface area contributed by atoms with Crippen molar-refractivity contribution in [2.75, 3.05) is 6.61 Å². The Morgan fingerprint density at radius 2 is 2.14 bits per heavy atom. The molecule has 0 aliphatic rings. The highest BCUT2D eigenvalue weighted by Gasteiger charge is 2.01. The fourth-order valence-electron chi connectivity index (χ4n) is 0.140. The first kappa shape index (κ1) is 7.17. The molecule has 0 aromatic heterocycles. The summed E-state index contributed by atoms with van der Waals surface area (Å²) in [5.74, 6) is 0. The standard InChI is InChI=1S/C3H7ClO3/c1-2-3-7-4(5)6/h2-3H2,1H3. The second-order valence-electron chi connectivity index (χ2n) is 1.00. The third-order valence-corrected chi connectivity index (χ3v) is 0.703. The van der Waals surface area contributed by atoms with E-state index in [1.807, 2.05) is 6.92 Å². The van der Waals surface area contributed by atoms with E-state index in [9.17, 15) is 9.32 Å². The molecule has 0 heterocycles. The van der Waals surface area contributed by atoms with E-state index in [1.54, 1.807) is 0 Å². The van der Waals surface area contributed by atoms with Crippen molar-refractivity contribution in [1.29, 1.82) is 0 Å². The molecule has 0 atom stereocenters. The highest BCUT2D eigenvalue weighted by molar-refractivity contribution is 4.12. The van der Waals surface area contributed by atoms with Gasteiger partial charge in [0.15, 0.2) is 6.61 Å². The van der Waals surface area contributed by atoms with Crippen LogP contribution < -0.4 is 9.32 Å². The van der Waals surface area contributed by atoms with Gasteiger partial charge in [0, 0.05) is 4.29 Å². The molecule has 0 aromatic rings. The van der Waals surface area contributed by atoms with Crippen molar-refractivity contribution in [2.45, 2.75) is 13.3 Å². The Balaban J connectivity index is 2.68. The van der Waals surface area contributed by atoms with Crippen LogP contribution in [0.15, 0.2) is 0 Å². The minimum atomic E-state index is -2.02. The molecule has 0 unspecified atom stereocenters. The second-order valence-corrected chi connectivity index (χ2v) is 1.60. The summed E-state index contributed by atoms with van der Waals surface area (Å²) in [6.45, 7) is 2.11. The molecule has 3 nitrogen and oxygen atoms in total. The summed E-state index contributed by atoms with van der Waals surface area (Å²) >= 11 is 0. The second kappa shape index (κ2) is 4.33. The van der Waals surface area contributed by atoms with Gasteiger partial charge in [0.2, 0.25) is 0 Å². The number of halogens is 1. The van der Waals surface area contributed by atoms with Crippen molar-refractivity contribution < 1.29 is 24.4 Å². The Bertz CT molecular complexity index is 39.2. The molecular weight excluding hydrogens is 119 g/mol. The van der Waals surface area contributed by atoms with Gasteiger partial charge in [-0.25, -0.2) is 0 Å². The third kappa shape index (κ3) is 6.17. The zero-order valence-electron chi connectivity index (χ0n) is 4.02. The van der Waals surface area contributed by atoms with E-state index in [0.29, 0.717) is 0 Å². The lowest BCUT2D eigenvalue weighted by Crippen LogP contribution is -2.34. The molecule has 0 saturated heterocycles. The minimum absolute atomic E-state index is 0.271. The Labute approximate surface area is 45.3 Å². The fraction of sp³-hybridized carbons (Fsp3) is 1.00. The SMILES string of the molecule is CCCO[Cl+2]([O-])[O-]. The fourth-order valence-corrected chi connectivity index (χ4v) is 0.420. The molecule has 0 rings (SSSR count). The summed E-state index contributed by atoms with van der Waals surface area (Å²) in [5, 5.41) is 0. The summed E-state index contributed by atoms with van der Waals surface area (Å²) in [5.41, 5.74) is 0. The van der Waals surface area contributed by atoms with Crippen molar-refractivity contribution in [2.24, 2.45) is 0 Å². The molecule has 4 heteroatoms. The van der Waals surface area contributed by atoms with Crippen LogP contribution in [0.2, 0.25) is 0 Å². The van der Waals surface area contributed by atoms with Crippen LogP contribution in [0, 0.1) is 10.8 Å². The molecule has 44 valence electrons. The lowest BCUT2D eigenvalue weighted by molar-refractivity contribution is -1.63. The summed E-state index contributed by atoms with van der Waals surface area (Å²) in [6.07, 6.45) is 0.721. The smallest absolute Gasteiger partial charge is 0.285 e. The van der Waals surface area contributed by atoms with Gasteiger partial charge in [0.05, 0.1) is 0 Å². The third-order valence-electron chi connectivity index (χ3n) is 0.370. The van der Waals surface area contributed by atoms with Crippen LogP contribution >= 0.6 is 0 Å². The van der Waals surface area contributed by atoms with Crippen LogP contribution in [0.4, 0.5) is 0 Å². The Morgan fingerprint density at radius 3 is 2.29 bits per heavy atom. The van der Waals surface area contributed by atoms with Gasteiger partial charge in [-0.2, -0.15) is 0 Å². The average Bonchev–Trinajstić information content (AvgIpc) is 1.61. The molecule has 0 N–H and O–H groups in total. The van der Waals surface area contributed by atoms with Crippen LogP contribution in [-0.2, 0) is 4.29 Å². The molecule has 0 bridgehead atoms. The van der Waals surface area contributed by atoms with E-state index < -0.39 is 10.8 Å². The maximum Gasteiger partial charge on any atom is 0.285 e. The lowest BCUT2D eigenvalue weighted by Gasteiger charge is -1.88. The lowest BCUT2D eigenvalue weighted by atomic mass is 10.5. The van der Waals surface area contributed by atoms with Crippen LogP contribution in [0.3, 0.4) is 0 Å². The van der Waals surface area contributed by atoms with E-state index in [-0.39, 0.29) is 6.61 Å². The summed E-state index contributed by atoms with van der Waals surface area (Å²) in [4.78, 5) is 0. The maximum absolute atomic E-state index is 9.50. The Hall–Kier alpha value is 0.170. The average molecular weight is 127 g/mol. The predicted molar refractivity (Wildman–Crippen MR) is 16.2 cm³/mol. The maximum atomic E-state index is 9.50. The van der Waals surface area contributed by atoms with Gasteiger partial charge in [0.1, 0.15) is 0 Å².